The molecule has 1 amide bonds. The standard InChI is InChI=1S/C17H17N5OS/c23-16(13-24-14-4-7-18-8-5-14)20-9-11-22-12-10-21-17(22)15-3-1-2-6-19-15/h1-8,10,12H,9,11,13H2,(H,20,23). The Morgan fingerprint density at radius 1 is 1.08 bits per heavy atom. The van der Waals surface area contributed by atoms with Crippen LogP contribution in [0.25, 0.3) is 11.5 Å². The second-order valence-corrected chi connectivity index (χ2v) is 6.03. The molecule has 3 heterocycles. The van der Waals surface area contributed by atoms with Crippen LogP contribution in [0.4, 0.5) is 0 Å². The third kappa shape index (κ3) is 4.42. The summed E-state index contributed by atoms with van der Waals surface area (Å²) < 4.78 is 1.98. The fourth-order valence-corrected chi connectivity index (χ4v) is 2.88. The SMILES string of the molecule is O=C(CSc1ccncc1)NCCn1ccnc1-c1ccccn1. The quantitative estimate of drug-likeness (QED) is 0.669. The topological polar surface area (TPSA) is 72.7 Å². The number of amides is 1. The first-order valence-electron chi connectivity index (χ1n) is 7.55. The zero-order chi connectivity index (χ0) is 16.6. The van der Waals surface area contributed by atoms with Crippen LogP contribution in [0.15, 0.2) is 66.2 Å². The van der Waals surface area contributed by atoms with Gasteiger partial charge in [-0.1, -0.05) is 6.07 Å². The van der Waals surface area contributed by atoms with Crippen LogP contribution in [0, 0.1) is 0 Å². The fraction of sp³-hybridized carbons (Fsp3) is 0.176. The van der Waals surface area contributed by atoms with Crippen molar-refractivity contribution in [1.82, 2.24) is 24.8 Å². The Morgan fingerprint density at radius 2 is 1.96 bits per heavy atom. The Bertz CT molecular complexity index is 776. The van der Waals surface area contributed by atoms with Crippen LogP contribution >= 0.6 is 11.8 Å². The molecule has 0 aliphatic heterocycles. The van der Waals surface area contributed by atoms with Gasteiger partial charge in [0.25, 0.3) is 0 Å². The average Bonchev–Trinajstić information content (AvgIpc) is 3.10. The number of carbonyl (C=O) groups is 1. The second-order valence-electron chi connectivity index (χ2n) is 4.98. The van der Waals surface area contributed by atoms with Gasteiger partial charge >= 0.3 is 0 Å². The van der Waals surface area contributed by atoms with E-state index in [1.807, 2.05) is 41.1 Å². The Kier molecular flexibility index (Phi) is 5.57. The molecule has 0 aliphatic carbocycles. The number of aromatic nitrogens is 4. The molecule has 0 saturated carbocycles. The van der Waals surface area contributed by atoms with E-state index < -0.39 is 0 Å². The van der Waals surface area contributed by atoms with Gasteiger partial charge in [0.15, 0.2) is 5.82 Å². The van der Waals surface area contributed by atoms with Gasteiger partial charge in [-0.3, -0.25) is 14.8 Å². The summed E-state index contributed by atoms with van der Waals surface area (Å²) in [5.74, 6) is 1.20. The average molecular weight is 339 g/mol. The second kappa shape index (κ2) is 8.26. The van der Waals surface area contributed by atoms with Gasteiger partial charge in [0, 0.05) is 49.0 Å². The lowest BCUT2D eigenvalue weighted by Gasteiger charge is -2.09. The summed E-state index contributed by atoms with van der Waals surface area (Å²) in [6.07, 6.45) is 8.82. The van der Waals surface area contributed by atoms with Crippen LogP contribution in [0.5, 0.6) is 0 Å². The van der Waals surface area contributed by atoms with Crippen molar-refractivity contribution in [3.8, 4) is 11.5 Å². The number of pyridine rings is 2. The summed E-state index contributed by atoms with van der Waals surface area (Å²) in [4.78, 5) is 25.6. The van der Waals surface area contributed by atoms with Crippen LogP contribution in [-0.2, 0) is 11.3 Å². The fourth-order valence-electron chi connectivity index (χ4n) is 2.17. The first-order valence-corrected chi connectivity index (χ1v) is 8.53. The van der Waals surface area contributed by atoms with Crippen molar-refractivity contribution in [3.05, 3.63) is 61.3 Å². The molecule has 122 valence electrons. The van der Waals surface area contributed by atoms with E-state index in [1.54, 1.807) is 24.8 Å². The van der Waals surface area contributed by atoms with Gasteiger partial charge in [0.2, 0.25) is 5.91 Å². The molecule has 0 bridgehead atoms. The Balaban J connectivity index is 1.47. The lowest BCUT2D eigenvalue weighted by Crippen LogP contribution is -2.28. The maximum atomic E-state index is 11.9. The van der Waals surface area contributed by atoms with E-state index in [4.69, 9.17) is 0 Å². The highest BCUT2D eigenvalue weighted by molar-refractivity contribution is 8.00. The minimum absolute atomic E-state index is 0.0105. The van der Waals surface area contributed by atoms with Gasteiger partial charge < -0.3 is 9.88 Å². The van der Waals surface area contributed by atoms with E-state index in [2.05, 4.69) is 20.3 Å². The summed E-state index contributed by atoms with van der Waals surface area (Å²) in [5.41, 5.74) is 0.821. The summed E-state index contributed by atoms with van der Waals surface area (Å²) in [6, 6.07) is 9.50. The molecular weight excluding hydrogens is 322 g/mol. The molecule has 1 N–H and O–H groups in total. The van der Waals surface area contributed by atoms with Crippen molar-refractivity contribution in [2.45, 2.75) is 11.4 Å². The van der Waals surface area contributed by atoms with Crippen molar-refractivity contribution in [2.24, 2.45) is 0 Å². The van der Waals surface area contributed by atoms with Gasteiger partial charge in [-0.25, -0.2) is 4.98 Å². The number of rotatable bonds is 7. The van der Waals surface area contributed by atoms with Gasteiger partial charge in [0.05, 0.1) is 5.75 Å². The number of nitrogens with zero attached hydrogens (tertiary/aromatic N) is 4. The number of hydrogen-bond donors (Lipinski definition) is 1. The largest absolute Gasteiger partial charge is 0.354 e. The smallest absolute Gasteiger partial charge is 0.230 e. The Hall–Kier alpha value is -2.67. The summed E-state index contributed by atoms with van der Waals surface area (Å²) in [6.45, 7) is 1.20. The normalized spacial score (nSPS) is 10.5. The van der Waals surface area contributed by atoms with Crippen LogP contribution in [0.2, 0.25) is 0 Å². The molecule has 3 rings (SSSR count). The predicted octanol–water partition coefficient (Wildman–Crippen LogP) is 2.25. The number of hydrogen-bond acceptors (Lipinski definition) is 5. The highest BCUT2D eigenvalue weighted by Gasteiger charge is 2.07. The molecule has 6 nitrogen and oxygen atoms in total. The van der Waals surface area contributed by atoms with Crippen molar-refractivity contribution < 1.29 is 4.79 Å². The van der Waals surface area contributed by atoms with Crippen LogP contribution in [0.1, 0.15) is 0 Å². The van der Waals surface area contributed by atoms with E-state index in [9.17, 15) is 4.79 Å². The monoisotopic (exact) mass is 339 g/mol. The van der Waals surface area contributed by atoms with E-state index in [-0.39, 0.29) is 5.91 Å². The third-order valence-electron chi connectivity index (χ3n) is 3.30. The van der Waals surface area contributed by atoms with E-state index in [1.165, 1.54) is 11.8 Å². The predicted molar refractivity (Wildman–Crippen MR) is 93.4 cm³/mol. The van der Waals surface area contributed by atoms with Crippen LogP contribution in [0.3, 0.4) is 0 Å². The van der Waals surface area contributed by atoms with E-state index >= 15 is 0 Å². The minimum Gasteiger partial charge on any atom is -0.354 e. The zero-order valence-electron chi connectivity index (χ0n) is 13.0. The number of nitrogens with one attached hydrogen (secondary N) is 1. The van der Waals surface area contributed by atoms with Crippen molar-refractivity contribution >= 4 is 17.7 Å². The first kappa shape index (κ1) is 16.2. The lowest BCUT2D eigenvalue weighted by molar-refractivity contribution is -0.118. The minimum atomic E-state index is 0.0105. The van der Waals surface area contributed by atoms with Crippen LogP contribution < -0.4 is 5.32 Å². The molecule has 0 saturated heterocycles. The highest BCUT2D eigenvalue weighted by Crippen LogP contribution is 2.15. The lowest BCUT2D eigenvalue weighted by atomic mass is 10.3. The molecular formula is C17H17N5OS. The third-order valence-corrected chi connectivity index (χ3v) is 4.32. The number of imidazole rings is 1. The maximum Gasteiger partial charge on any atom is 0.230 e. The molecule has 0 unspecified atom stereocenters. The molecule has 3 aromatic heterocycles. The molecule has 0 atom stereocenters. The summed E-state index contributed by atoms with van der Waals surface area (Å²) in [7, 11) is 0. The molecule has 0 radical (unpaired) electrons. The molecule has 0 aromatic carbocycles. The van der Waals surface area contributed by atoms with E-state index in [0.29, 0.717) is 18.8 Å². The van der Waals surface area contributed by atoms with Gasteiger partial charge in [-0.2, -0.15) is 0 Å². The molecule has 24 heavy (non-hydrogen) atoms. The van der Waals surface area contributed by atoms with Gasteiger partial charge in [0.1, 0.15) is 5.69 Å². The van der Waals surface area contributed by atoms with Crippen molar-refractivity contribution in [3.63, 3.8) is 0 Å². The van der Waals surface area contributed by atoms with Crippen molar-refractivity contribution in [2.75, 3.05) is 12.3 Å². The van der Waals surface area contributed by atoms with Gasteiger partial charge in [-0.15, -0.1) is 11.8 Å². The summed E-state index contributed by atoms with van der Waals surface area (Å²) in [5, 5.41) is 2.93. The van der Waals surface area contributed by atoms with Crippen molar-refractivity contribution in [1.29, 1.82) is 0 Å². The Morgan fingerprint density at radius 3 is 2.75 bits per heavy atom. The first-order chi connectivity index (χ1) is 11.8. The number of thioether (sulfide) groups is 1. The highest BCUT2D eigenvalue weighted by atomic mass is 32.2. The van der Waals surface area contributed by atoms with Crippen LogP contribution in [-0.4, -0.2) is 37.7 Å². The number of carbonyl (C=O) groups excluding carboxylic acids is 1. The zero-order valence-corrected chi connectivity index (χ0v) is 13.8. The molecule has 0 fully saturated rings. The molecule has 7 heteroatoms. The molecule has 3 aromatic rings. The summed E-state index contributed by atoms with van der Waals surface area (Å²) >= 11 is 1.50. The van der Waals surface area contributed by atoms with E-state index in [0.717, 1.165) is 16.4 Å². The van der Waals surface area contributed by atoms with Gasteiger partial charge in [-0.05, 0) is 24.3 Å². The maximum absolute atomic E-state index is 11.9. The molecule has 0 spiro atoms. The molecule has 0 aliphatic rings. The Labute approximate surface area is 144 Å².